The van der Waals surface area contributed by atoms with Crippen LogP contribution < -0.4 is 20.9 Å². The van der Waals surface area contributed by atoms with Crippen LogP contribution in [0.1, 0.15) is 19.5 Å². The van der Waals surface area contributed by atoms with Gasteiger partial charge in [-0.2, -0.15) is 0 Å². The summed E-state index contributed by atoms with van der Waals surface area (Å²) in [4.78, 5) is 19.6. The predicted octanol–water partition coefficient (Wildman–Crippen LogP) is 1.30. The fraction of sp³-hybridized carbons (Fsp3) is 0.312. The van der Waals surface area contributed by atoms with E-state index in [-0.39, 0.29) is 6.42 Å². The van der Waals surface area contributed by atoms with E-state index in [2.05, 4.69) is 9.97 Å². The molecule has 3 rings (SSSR count). The molecule has 0 saturated heterocycles. The zero-order chi connectivity index (χ0) is 16.6. The molecule has 7 nitrogen and oxygen atoms in total. The molecule has 23 heavy (non-hydrogen) atoms. The third-order valence-corrected chi connectivity index (χ3v) is 3.40. The smallest absolute Gasteiger partial charge is 0.258 e. The quantitative estimate of drug-likeness (QED) is 0.883. The lowest BCUT2D eigenvalue weighted by Crippen LogP contribution is -2.39. The van der Waals surface area contributed by atoms with Crippen LogP contribution in [0.4, 0.5) is 5.69 Å². The second-order valence-corrected chi connectivity index (χ2v) is 6.06. The highest BCUT2D eigenvalue weighted by atomic mass is 16.6. The lowest BCUT2D eigenvalue weighted by atomic mass is 10.1. The molecule has 0 spiro atoms. The Labute approximate surface area is 133 Å². The molecule has 2 aromatic heterocycles. The van der Waals surface area contributed by atoms with Crippen LogP contribution in [-0.4, -0.2) is 28.1 Å². The molecule has 0 aliphatic carbocycles. The maximum absolute atomic E-state index is 11.0. The van der Waals surface area contributed by atoms with Crippen LogP contribution in [-0.2, 0) is 11.2 Å². The van der Waals surface area contributed by atoms with Crippen molar-refractivity contribution in [3.63, 3.8) is 0 Å². The molecule has 2 aromatic rings. The Hall–Kier alpha value is -2.83. The van der Waals surface area contributed by atoms with Crippen molar-refractivity contribution in [2.45, 2.75) is 25.9 Å². The number of anilines is 1. The first-order chi connectivity index (χ1) is 10.8. The van der Waals surface area contributed by atoms with Crippen LogP contribution in [0.5, 0.6) is 11.6 Å². The number of hydrogen-bond donors (Lipinski definition) is 2. The van der Waals surface area contributed by atoms with Gasteiger partial charge in [-0.25, -0.2) is 4.98 Å². The molecule has 120 valence electrons. The van der Waals surface area contributed by atoms with E-state index in [0.29, 0.717) is 40.9 Å². The number of hydrogen-bond acceptors (Lipinski definition) is 6. The van der Waals surface area contributed by atoms with Crippen molar-refractivity contribution in [3.8, 4) is 22.9 Å². The summed E-state index contributed by atoms with van der Waals surface area (Å²) < 4.78 is 11.5. The highest BCUT2D eigenvalue weighted by Crippen LogP contribution is 2.36. The predicted molar refractivity (Wildman–Crippen MR) is 85.0 cm³/mol. The van der Waals surface area contributed by atoms with Gasteiger partial charge in [0.2, 0.25) is 5.91 Å². The van der Waals surface area contributed by atoms with Crippen LogP contribution in [0.25, 0.3) is 11.3 Å². The summed E-state index contributed by atoms with van der Waals surface area (Å²) in [5.41, 5.74) is 13.1. The Morgan fingerprint density at radius 2 is 2.17 bits per heavy atom. The van der Waals surface area contributed by atoms with Crippen molar-refractivity contribution < 1.29 is 14.3 Å². The number of fused-ring (bicyclic) bond motifs is 1. The van der Waals surface area contributed by atoms with Gasteiger partial charge in [0.25, 0.3) is 5.88 Å². The van der Waals surface area contributed by atoms with Crippen LogP contribution in [0.3, 0.4) is 0 Å². The van der Waals surface area contributed by atoms with E-state index in [1.807, 2.05) is 13.8 Å². The Morgan fingerprint density at radius 1 is 1.39 bits per heavy atom. The van der Waals surface area contributed by atoms with Crippen molar-refractivity contribution >= 4 is 11.6 Å². The summed E-state index contributed by atoms with van der Waals surface area (Å²) in [7, 11) is 0. The first kappa shape index (κ1) is 15.1. The Kier molecular flexibility index (Phi) is 3.55. The van der Waals surface area contributed by atoms with E-state index < -0.39 is 11.5 Å². The number of aromatic nitrogens is 2. The SMILES string of the molecule is CC1(C)COc2ccc(-c3cnc(CC(N)=O)cc3N)nc2O1. The highest BCUT2D eigenvalue weighted by Gasteiger charge is 2.29. The largest absolute Gasteiger partial charge is 0.484 e. The number of rotatable bonds is 3. The van der Waals surface area contributed by atoms with Crippen LogP contribution in [0.15, 0.2) is 24.4 Å². The highest BCUT2D eigenvalue weighted by molar-refractivity contribution is 5.78. The summed E-state index contributed by atoms with van der Waals surface area (Å²) >= 11 is 0. The average molecular weight is 314 g/mol. The summed E-state index contributed by atoms with van der Waals surface area (Å²) in [6, 6.07) is 5.22. The van der Waals surface area contributed by atoms with E-state index >= 15 is 0 Å². The molecule has 0 unspecified atom stereocenters. The van der Waals surface area contributed by atoms with Gasteiger partial charge in [-0.1, -0.05) is 0 Å². The number of primary amides is 1. The minimum absolute atomic E-state index is 0.0488. The van der Waals surface area contributed by atoms with Gasteiger partial charge in [-0.3, -0.25) is 9.78 Å². The molecule has 0 radical (unpaired) electrons. The molecule has 7 heteroatoms. The van der Waals surface area contributed by atoms with Gasteiger partial charge in [0, 0.05) is 17.4 Å². The van der Waals surface area contributed by atoms with E-state index in [1.165, 1.54) is 0 Å². The van der Waals surface area contributed by atoms with E-state index in [1.54, 1.807) is 24.4 Å². The minimum atomic E-state index is -0.454. The van der Waals surface area contributed by atoms with Crippen LogP contribution in [0, 0.1) is 0 Å². The lowest BCUT2D eigenvalue weighted by molar-refractivity contribution is -0.117. The number of pyridine rings is 2. The molecule has 0 saturated carbocycles. The zero-order valence-corrected chi connectivity index (χ0v) is 13.0. The number of nitrogens with two attached hydrogens (primary N) is 2. The monoisotopic (exact) mass is 314 g/mol. The van der Waals surface area contributed by atoms with Gasteiger partial charge in [-0.05, 0) is 32.0 Å². The topological polar surface area (TPSA) is 113 Å². The summed E-state index contributed by atoms with van der Waals surface area (Å²) in [6.45, 7) is 4.32. The summed E-state index contributed by atoms with van der Waals surface area (Å²) in [5.74, 6) is 0.577. The summed E-state index contributed by atoms with van der Waals surface area (Å²) in [6.07, 6.45) is 1.63. The zero-order valence-electron chi connectivity index (χ0n) is 13.0. The molecule has 1 aliphatic heterocycles. The fourth-order valence-electron chi connectivity index (χ4n) is 2.31. The summed E-state index contributed by atoms with van der Waals surface area (Å²) in [5, 5.41) is 0. The lowest BCUT2D eigenvalue weighted by Gasteiger charge is -2.31. The average Bonchev–Trinajstić information content (AvgIpc) is 2.45. The van der Waals surface area contributed by atoms with Gasteiger partial charge in [-0.15, -0.1) is 0 Å². The molecule has 1 aliphatic rings. The van der Waals surface area contributed by atoms with Crippen molar-refractivity contribution in [2.75, 3.05) is 12.3 Å². The number of carbonyl (C=O) groups is 1. The number of nitrogen functional groups attached to an aromatic ring is 1. The number of nitrogens with zero attached hydrogens (tertiary/aromatic N) is 2. The molecular formula is C16H18N4O3. The Balaban J connectivity index is 1.95. The van der Waals surface area contributed by atoms with Crippen LogP contribution in [0.2, 0.25) is 0 Å². The van der Waals surface area contributed by atoms with Crippen molar-refractivity contribution in [2.24, 2.45) is 5.73 Å². The second-order valence-electron chi connectivity index (χ2n) is 6.06. The minimum Gasteiger partial charge on any atom is -0.484 e. The first-order valence-corrected chi connectivity index (χ1v) is 7.20. The molecule has 0 atom stereocenters. The third-order valence-electron chi connectivity index (χ3n) is 3.40. The maximum atomic E-state index is 11.0. The number of carbonyl (C=O) groups excluding carboxylic acids is 1. The number of ether oxygens (including phenoxy) is 2. The van der Waals surface area contributed by atoms with Gasteiger partial charge in [0.05, 0.1) is 17.8 Å². The number of amides is 1. The molecule has 0 bridgehead atoms. The van der Waals surface area contributed by atoms with Gasteiger partial charge in [0.1, 0.15) is 12.2 Å². The van der Waals surface area contributed by atoms with E-state index in [9.17, 15) is 4.79 Å². The maximum Gasteiger partial charge on any atom is 0.258 e. The molecular weight excluding hydrogens is 296 g/mol. The first-order valence-electron chi connectivity index (χ1n) is 7.20. The van der Waals surface area contributed by atoms with Gasteiger partial charge < -0.3 is 20.9 Å². The Morgan fingerprint density at radius 3 is 2.87 bits per heavy atom. The molecule has 1 amide bonds. The van der Waals surface area contributed by atoms with Gasteiger partial charge in [0.15, 0.2) is 5.75 Å². The van der Waals surface area contributed by atoms with Crippen molar-refractivity contribution in [1.29, 1.82) is 0 Å². The molecule has 4 N–H and O–H groups in total. The van der Waals surface area contributed by atoms with E-state index in [4.69, 9.17) is 20.9 Å². The third kappa shape index (κ3) is 3.18. The molecule has 0 fully saturated rings. The van der Waals surface area contributed by atoms with Gasteiger partial charge >= 0.3 is 0 Å². The van der Waals surface area contributed by atoms with E-state index in [0.717, 1.165) is 0 Å². The fourth-order valence-corrected chi connectivity index (χ4v) is 2.31. The second kappa shape index (κ2) is 5.42. The Bertz CT molecular complexity index is 774. The normalized spacial score (nSPS) is 15.2. The van der Waals surface area contributed by atoms with Crippen molar-refractivity contribution in [1.82, 2.24) is 9.97 Å². The van der Waals surface area contributed by atoms with Crippen molar-refractivity contribution in [3.05, 3.63) is 30.1 Å². The standard InChI is InChI=1S/C16H18N4O3/c1-16(2)8-22-13-4-3-12(20-15(13)23-16)10-7-19-9(5-11(10)17)6-14(18)21/h3-5,7H,6,8H2,1-2H3,(H2,17,19)(H2,18,21). The van der Waals surface area contributed by atoms with Crippen LogP contribution >= 0.6 is 0 Å². The molecule has 0 aromatic carbocycles. The molecule has 3 heterocycles.